The highest BCUT2D eigenvalue weighted by molar-refractivity contribution is 9.10. The topological polar surface area (TPSA) is 55.1 Å². The molecule has 3 nitrogen and oxygen atoms in total. The van der Waals surface area contributed by atoms with E-state index in [2.05, 4.69) is 21.2 Å². The Hall–Kier alpha value is -0.940. The molecule has 1 amide bonds. The summed E-state index contributed by atoms with van der Waals surface area (Å²) in [5.74, 6) is -0.0706. The maximum absolute atomic E-state index is 12.5. The number of thiocarbonyl (C=S) groups is 1. The van der Waals surface area contributed by atoms with Gasteiger partial charge in [-0.3, -0.25) is 4.79 Å². The van der Waals surface area contributed by atoms with E-state index in [4.69, 9.17) is 18.0 Å². The largest absolute Gasteiger partial charge is 0.392 e. The molecule has 1 aromatic carbocycles. The van der Waals surface area contributed by atoms with E-state index in [9.17, 15) is 4.79 Å². The predicted molar refractivity (Wildman–Crippen MR) is 85.2 cm³/mol. The van der Waals surface area contributed by atoms with Gasteiger partial charge in [0.2, 0.25) is 5.91 Å². The lowest BCUT2D eigenvalue weighted by Gasteiger charge is -2.26. The number of halogens is 1. The molecule has 0 atom stereocenters. The number of anilines is 1. The Morgan fingerprint density at radius 2 is 2.05 bits per heavy atom. The standard InChI is InChI=1S/C14H17BrN2OS/c1-9-10(15)5-4-6-11(9)17-13(18)14(12(16)19)7-2-3-8-14/h4-6H,2-3,7-8H2,1H3,(H2,16,19)(H,17,18). The zero-order valence-corrected chi connectivity index (χ0v) is 13.2. The summed E-state index contributed by atoms with van der Waals surface area (Å²) in [4.78, 5) is 12.9. The third-order valence-corrected chi connectivity index (χ3v) is 5.13. The van der Waals surface area contributed by atoms with Crippen molar-refractivity contribution in [1.29, 1.82) is 0 Å². The average molecular weight is 341 g/mol. The number of carbonyl (C=O) groups is 1. The van der Waals surface area contributed by atoms with Crippen LogP contribution < -0.4 is 11.1 Å². The first kappa shape index (κ1) is 14.5. The molecule has 19 heavy (non-hydrogen) atoms. The van der Waals surface area contributed by atoms with Gasteiger partial charge in [-0.2, -0.15) is 0 Å². The van der Waals surface area contributed by atoms with Crippen molar-refractivity contribution in [3.8, 4) is 0 Å². The van der Waals surface area contributed by atoms with Crippen LogP contribution in [0.4, 0.5) is 5.69 Å². The molecule has 1 aliphatic carbocycles. The van der Waals surface area contributed by atoms with Gasteiger partial charge in [-0.15, -0.1) is 0 Å². The maximum atomic E-state index is 12.5. The van der Waals surface area contributed by atoms with Crippen molar-refractivity contribution in [2.75, 3.05) is 5.32 Å². The molecule has 0 radical (unpaired) electrons. The van der Waals surface area contributed by atoms with Gasteiger partial charge in [-0.1, -0.05) is 47.1 Å². The minimum Gasteiger partial charge on any atom is -0.392 e. The van der Waals surface area contributed by atoms with Crippen LogP contribution in [-0.2, 0) is 4.79 Å². The highest BCUT2D eigenvalue weighted by Crippen LogP contribution is 2.40. The minimum atomic E-state index is -0.663. The molecule has 0 bridgehead atoms. The van der Waals surface area contributed by atoms with Crippen molar-refractivity contribution >= 4 is 44.7 Å². The van der Waals surface area contributed by atoms with Gasteiger partial charge in [0.15, 0.2) is 0 Å². The monoisotopic (exact) mass is 340 g/mol. The fraction of sp³-hybridized carbons (Fsp3) is 0.429. The van der Waals surface area contributed by atoms with E-state index in [1.807, 2.05) is 25.1 Å². The van der Waals surface area contributed by atoms with E-state index in [-0.39, 0.29) is 5.91 Å². The molecule has 0 aromatic heterocycles. The molecule has 0 heterocycles. The molecule has 1 saturated carbocycles. The first-order valence-electron chi connectivity index (χ1n) is 6.34. The third-order valence-electron chi connectivity index (χ3n) is 3.88. The number of rotatable bonds is 3. The van der Waals surface area contributed by atoms with Gasteiger partial charge >= 0.3 is 0 Å². The van der Waals surface area contributed by atoms with Gasteiger partial charge in [0.25, 0.3) is 0 Å². The SMILES string of the molecule is Cc1c(Br)cccc1NC(=O)C1(C(N)=S)CCCC1. The Kier molecular flexibility index (Phi) is 4.26. The van der Waals surface area contributed by atoms with Gasteiger partial charge in [0.1, 0.15) is 0 Å². The molecule has 1 aromatic rings. The second-order valence-corrected chi connectivity index (χ2v) is 6.31. The number of hydrogen-bond donors (Lipinski definition) is 2. The number of hydrogen-bond acceptors (Lipinski definition) is 2. The number of benzene rings is 1. The van der Waals surface area contributed by atoms with Crippen molar-refractivity contribution in [2.45, 2.75) is 32.6 Å². The van der Waals surface area contributed by atoms with Gasteiger partial charge in [0, 0.05) is 10.2 Å². The fourth-order valence-corrected chi connectivity index (χ4v) is 3.21. The number of amides is 1. The molecule has 1 aliphatic rings. The molecule has 1 fully saturated rings. The number of nitrogens with two attached hydrogens (primary N) is 1. The van der Waals surface area contributed by atoms with Crippen LogP contribution in [0.15, 0.2) is 22.7 Å². The van der Waals surface area contributed by atoms with Crippen LogP contribution in [0, 0.1) is 12.3 Å². The van der Waals surface area contributed by atoms with Gasteiger partial charge < -0.3 is 11.1 Å². The first-order valence-corrected chi connectivity index (χ1v) is 7.54. The van der Waals surface area contributed by atoms with Crippen molar-refractivity contribution in [2.24, 2.45) is 11.1 Å². The molecule has 5 heteroatoms. The molecule has 0 spiro atoms. The second kappa shape index (κ2) is 5.59. The van der Waals surface area contributed by atoms with Crippen LogP contribution in [0.2, 0.25) is 0 Å². The number of nitrogens with one attached hydrogen (secondary N) is 1. The van der Waals surface area contributed by atoms with Crippen LogP contribution in [0.5, 0.6) is 0 Å². The number of carbonyl (C=O) groups excluding carboxylic acids is 1. The highest BCUT2D eigenvalue weighted by Gasteiger charge is 2.44. The van der Waals surface area contributed by atoms with E-state index >= 15 is 0 Å². The second-order valence-electron chi connectivity index (χ2n) is 5.02. The summed E-state index contributed by atoms with van der Waals surface area (Å²) in [6.07, 6.45) is 3.51. The van der Waals surface area contributed by atoms with E-state index in [1.54, 1.807) is 0 Å². The smallest absolute Gasteiger partial charge is 0.237 e. The van der Waals surface area contributed by atoms with Gasteiger partial charge in [0.05, 0.1) is 10.4 Å². The summed E-state index contributed by atoms with van der Waals surface area (Å²) in [5, 5.41) is 2.98. The Morgan fingerprint density at radius 3 is 2.63 bits per heavy atom. The quantitative estimate of drug-likeness (QED) is 0.827. The molecule has 2 rings (SSSR count). The van der Waals surface area contributed by atoms with Crippen molar-refractivity contribution in [1.82, 2.24) is 0 Å². The zero-order valence-electron chi connectivity index (χ0n) is 10.8. The average Bonchev–Trinajstić information content (AvgIpc) is 2.85. The summed E-state index contributed by atoms with van der Waals surface area (Å²) in [7, 11) is 0. The molecule has 0 unspecified atom stereocenters. The fourth-order valence-electron chi connectivity index (χ4n) is 2.55. The Labute approximate surface area is 127 Å². The Morgan fingerprint density at radius 1 is 1.42 bits per heavy atom. The molecule has 102 valence electrons. The van der Waals surface area contributed by atoms with Crippen LogP contribution >= 0.6 is 28.1 Å². The molecule has 3 N–H and O–H groups in total. The van der Waals surface area contributed by atoms with Gasteiger partial charge in [-0.05, 0) is 37.5 Å². The molecular weight excluding hydrogens is 324 g/mol. The highest BCUT2D eigenvalue weighted by atomic mass is 79.9. The lowest BCUT2D eigenvalue weighted by atomic mass is 9.85. The summed E-state index contributed by atoms with van der Waals surface area (Å²) < 4.78 is 0.973. The molecule has 0 saturated heterocycles. The van der Waals surface area contributed by atoms with Crippen molar-refractivity contribution in [3.63, 3.8) is 0 Å². The predicted octanol–water partition coefficient (Wildman–Crippen LogP) is 3.54. The van der Waals surface area contributed by atoms with Crippen LogP contribution in [0.1, 0.15) is 31.2 Å². The molecular formula is C14H17BrN2OS. The lowest BCUT2D eigenvalue weighted by Crippen LogP contribution is -2.44. The Balaban J connectivity index is 2.25. The van der Waals surface area contributed by atoms with E-state index in [0.29, 0.717) is 4.99 Å². The summed E-state index contributed by atoms with van der Waals surface area (Å²) in [5.41, 5.74) is 6.97. The summed E-state index contributed by atoms with van der Waals surface area (Å²) in [6.45, 7) is 1.96. The summed E-state index contributed by atoms with van der Waals surface area (Å²) in [6, 6.07) is 5.74. The van der Waals surface area contributed by atoms with Crippen molar-refractivity contribution in [3.05, 3.63) is 28.2 Å². The third kappa shape index (κ3) is 2.67. The normalized spacial score (nSPS) is 17.2. The van der Waals surface area contributed by atoms with Crippen LogP contribution in [-0.4, -0.2) is 10.9 Å². The lowest BCUT2D eigenvalue weighted by molar-refractivity contribution is -0.122. The van der Waals surface area contributed by atoms with Gasteiger partial charge in [-0.25, -0.2) is 0 Å². The van der Waals surface area contributed by atoms with E-state index < -0.39 is 5.41 Å². The van der Waals surface area contributed by atoms with E-state index in [1.165, 1.54) is 0 Å². The van der Waals surface area contributed by atoms with Crippen molar-refractivity contribution < 1.29 is 4.79 Å². The summed E-state index contributed by atoms with van der Waals surface area (Å²) >= 11 is 8.59. The van der Waals surface area contributed by atoms with Crippen LogP contribution in [0.3, 0.4) is 0 Å². The zero-order chi connectivity index (χ0) is 14.0. The minimum absolute atomic E-state index is 0.0706. The first-order chi connectivity index (χ1) is 8.97. The van der Waals surface area contributed by atoms with Crippen LogP contribution in [0.25, 0.3) is 0 Å². The van der Waals surface area contributed by atoms with E-state index in [0.717, 1.165) is 41.4 Å². The maximum Gasteiger partial charge on any atom is 0.237 e. The Bertz CT molecular complexity index is 524. The molecule has 0 aliphatic heterocycles.